The lowest BCUT2D eigenvalue weighted by atomic mass is 9.95. The molecule has 0 atom stereocenters. The van der Waals surface area contributed by atoms with Crippen molar-refractivity contribution in [3.05, 3.63) is 54.0 Å². The number of aliphatic imine (C=N–C) groups is 1. The summed E-state index contributed by atoms with van der Waals surface area (Å²) in [5.41, 5.74) is 10.5. The van der Waals surface area contributed by atoms with Crippen molar-refractivity contribution in [1.29, 1.82) is 0 Å². The third kappa shape index (κ3) is 4.82. The van der Waals surface area contributed by atoms with Crippen LogP contribution in [0.5, 0.6) is 0 Å². The maximum Gasteiger partial charge on any atom is 0.227 e. The SMILES string of the molecule is CN=CC(=CN)c1ccc(Nc2ncc3ccnc(NC4CCCCC4)c3n2)c(C)c1. The Morgan fingerprint density at radius 2 is 2.00 bits per heavy atom. The molecule has 0 aliphatic heterocycles. The molecule has 1 aliphatic rings. The van der Waals surface area contributed by atoms with E-state index in [-0.39, 0.29) is 0 Å². The van der Waals surface area contributed by atoms with E-state index in [2.05, 4.69) is 31.7 Å². The van der Waals surface area contributed by atoms with Crippen LogP contribution in [0, 0.1) is 6.92 Å². The summed E-state index contributed by atoms with van der Waals surface area (Å²) in [6, 6.07) is 8.50. The highest BCUT2D eigenvalue weighted by atomic mass is 15.1. The number of hydrogen-bond acceptors (Lipinski definition) is 7. The zero-order chi connectivity index (χ0) is 21.6. The minimum Gasteiger partial charge on any atom is -0.404 e. The highest BCUT2D eigenvalue weighted by molar-refractivity contribution is 6.09. The Hall–Kier alpha value is -3.48. The van der Waals surface area contributed by atoms with Crippen molar-refractivity contribution in [2.24, 2.45) is 10.7 Å². The summed E-state index contributed by atoms with van der Waals surface area (Å²) in [7, 11) is 1.73. The van der Waals surface area contributed by atoms with E-state index in [1.807, 2.05) is 37.5 Å². The Kier molecular flexibility index (Phi) is 6.40. The van der Waals surface area contributed by atoms with Gasteiger partial charge in [-0.1, -0.05) is 25.3 Å². The number of nitrogens with one attached hydrogen (secondary N) is 2. The van der Waals surface area contributed by atoms with Crippen molar-refractivity contribution >= 4 is 40.1 Å². The molecule has 160 valence electrons. The Morgan fingerprint density at radius 1 is 1.16 bits per heavy atom. The molecule has 1 aromatic carbocycles. The van der Waals surface area contributed by atoms with E-state index in [9.17, 15) is 0 Å². The fourth-order valence-corrected chi connectivity index (χ4v) is 4.02. The van der Waals surface area contributed by atoms with E-state index in [1.54, 1.807) is 19.5 Å². The number of allylic oxidation sites excluding steroid dienone is 1. The van der Waals surface area contributed by atoms with Crippen molar-refractivity contribution in [2.75, 3.05) is 17.7 Å². The number of nitrogens with zero attached hydrogens (tertiary/aromatic N) is 4. The van der Waals surface area contributed by atoms with Gasteiger partial charge in [-0.2, -0.15) is 0 Å². The highest BCUT2D eigenvalue weighted by Gasteiger charge is 2.16. The molecule has 31 heavy (non-hydrogen) atoms. The average Bonchev–Trinajstić information content (AvgIpc) is 2.80. The predicted octanol–water partition coefficient (Wildman–Crippen LogP) is 4.82. The second-order valence-corrected chi connectivity index (χ2v) is 7.93. The molecular formula is C24H29N7. The Morgan fingerprint density at radius 3 is 2.74 bits per heavy atom. The van der Waals surface area contributed by atoms with Gasteiger partial charge in [-0.15, -0.1) is 0 Å². The second-order valence-electron chi connectivity index (χ2n) is 7.93. The van der Waals surface area contributed by atoms with Crippen LogP contribution in [0.4, 0.5) is 17.5 Å². The largest absolute Gasteiger partial charge is 0.404 e. The number of anilines is 3. The second kappa shape index (κ2) is 9.55. The molecule has 1 saturated carbocycles. The molecule has 2 heterocycles. The summed E-state index contributed by atoms with van der Waals surface area (Å²) in [6.45, 7) is 2.04. The van der Waals surface area contributed by atoms with Crippen LogP contribution in [-0.2, 0) is 0 Å². The van der Waals surface area contributed by atoms with E-state index in [0.717, 1.165) is 39.1 Å². The first-order chi connectivity index (χ1) is 15.2. The van der Waals surface area contributed by atoms with E-state index < -0.39 is 0 Å². The molecule has 7 heteroatoms. The van der Waals surface area contributed by atoms with Gasteiger partial charge in [0.05, 0.1) is 0 Å². The molecule has 7 nitrogen and oxygen atoms in total. The number of aryl methyl sites for hydroxylation is 1. The Labute approximate surface area is 182 Å². The number of fused-ring (bicyclic) bond motifs is 1. The van der Waals surface area contributed by atoms with Gasteiger partial charge in [0.15, 0.2) is 5.82 Å². The molecule has 3 aromatic rings. The Balaban J connectivity index is 1.59. The molecule has 0 bridgehead atoms. The fourth-order valence-electron chi connectivity index (χ4n) is 4.02. The first-order valence-corrected chi connectivity index (χ1v) is 10.8. The molecule has 0 unspecified atom stereocenters. The van der Waals surface area contributed by atoms with Crippen LogP contribution >= 0.6 is 0 Å². The van der Waals surface area contributed by atoms with Crippen LogP contribution in [0.2, 0.25) is 0 Å². The first kappa shape index (κ1) is 20.8. The molecule has 1 aliphatic carbocycles. The van der Waals surface area contributed by atoms with Gasteiger partial charge in [0.1, 0.15) is 5.52 Å². The van der Waals surface area contributed by atoms with Crippen LogP contribution in [0.25, 0.3) is 16.5 Å². The quantitative estimate of drug-likeness (QED) is 0.499. The van der Waals surface area contributed by atoms with Gasteiger partial charge in [0, 0.05) is 54.5 Å². The smallest absolute Gasteiger partial charge is 0.227 e. The summed E-state index contributed by atoms with van der Waals surface area (Å²) < 4.78 is 0. The number of hydrogen-bond donors (Lipinski definition) is 3. The molecule has 1 fully saturated rings. The minimum absolute atomic E-state index is 0.462. The average molecular weight is 416 g/mol. The van der Waals surface area contributed by atoms with Crippen molar-refractivity contribution in [2.45, 2.75) is 45.1 Å². The molecule has 2 aromatic heterocycles. The van der Waals surface area contributed by atoms with Gasteiger partial charge in [0.25, 0.3) is 0 Å². The van der Waals surface area contributed by atoms with Crippen molar-refractivity contribution in [1.82, 2.24) is 15.0 Å². The minimum atomic E-state index is 0.462. The van der Waals surface area contributed by atoms with E-state index >= 15 is 0 Å². The van der Waals surface area contributed by atoms with Gasteiger partial charge in [-0.3, -0.25) is 4.99 Å². The standard InChI is InChI=1S/C24H29N7/c1-16-12-17(19(13-25)14-26-2)8-9-21(16)30-24-28-15-18-10-11-27-23(22(18)31-24)29-20-6-4-3-5-7-20/h8-15,20H,3-7,25H2,1-2H3,(H,27,29)(H,28,30,31). The van der Waals surface area contributed by atoms with E-state index in [1.165, 1.54) is 32.1 Å². The number of pyridine rings is 1. The van der Waals surface area contributed by atoms with Gasteiger partial charge >= 0.3 is 0 Å². The van der Waals surface area contributed by atoms with Crippen molar-refractivity contribution < 1.29 is 0 Å². The fraction of sp³-hybridized carbons (Fsp3) is 0.333. The highest BCUT2D eigenvalue weighted by Crippen LogP contribution is 2.27. The maximum atomic E-state index is 5.74. The molecule has 0 amide bonds. The van der Waals surface area contributed by atoms with Crippen molar-refractivity contribution in [3.63, 3.8) is 0 Å². The number of rotatable bonds is 6. The summed E-state index contributed by atoms with van der Waals surface area (Å²) >= 11 is 0. The first-order valence-electron chi connectivity index (χ1n) is 10.8. The molecule has 0 saturated heterocycles. The normalized spacial score (nSPS) is 15.5. The summed E-state index contributed by atoms with van der Waals surface area (Å²) in [5, 5.41) is 7.93. The van der Waals surface area contributed by atoms with Gasteiger partial charge in [-0.25, -0.2) is 15.0 Å². The van der Waals surface area contributed by atoms with E-state index in [4.69, 9.17) is 10.7 Å². The van der Waals surface area contributed by atoms with Crippen LogP contribution in [0.3, 0.4) is 0 Å². The summed E-state index contributed by atoms with van der Waals surface area (Å²) in [6.07, 6.45) is 13.2. The lowest BCUT2D eigenvalue weighted by Gasteiger charge is -2.23. The van der Waals surface area contributed by atoms with Crippen LogP contribution in [-0.4, -0.2) is 34.3 Å². The predicted molar refractivity (Wildman–Crippen MR) is 129 cm³/mol. The maximum absolute atomic E-state index is 5.74. The zero-order valence-electron chi connectivity index (χ0n) is 18.1. The summed E-state index contributed by atoms with van der Waals surface area (Å²) in [4.78, 5) is 17.9. The van der Waals surface area contributed by atoms with Gasteiger partial charge in [0.2, 0.25) is 5.95 Å². The number of aromatic nitrogens is 3. The Bertz CT molecular complexity index is 1110. The van der Waals surface area contributed by atoms with Gasteiger partial charge in [-0.05, 0) is 49.1 Å². The van der Waals surface area contributed by atoms with E-state index in [0.29, 0.717) is 12.0 Å². The van der Waals surface area contributed by atoms with Crippen LogP contribution in [0.15, 0.2) is 47.9 Å². The molecule has 4 rings (SSSR count). The van der Waals surface area contributed by atoms with Crippen LogP contribution in [0.1, 0.15) is 43.2 Å². The zero-order valence-corrected chi connectivity index (χ0v) is 18.1. The molecule has 4 N–H and O–H groups in total. The lowest BCUT2D eigenvalue weighted by Crippen LogP contribution is -2.23. The summed E-state index contributed by atoms with van der Waals surface area (Å²) in [5.74, 6) is 1.38. The topological polar surface area (TPSA) is 101 Å². The lowest BCUT2D eigenvalue weighted by molar-refractivity contribution is 0.462. The number of benzene rings is 1. The van der Waals surface area contributed by atoms with Crippen LogP contribution < -0.4 is 16.4 Å². The monoisotopic (exact) mass is 415 g/mol. The third-order valence-electron chi connectivity index (χ3n) is 5.70. The van der Waals surface area contributed by atoms with Gasteiger partial charge < -0.3 is 16.4 Å². The molecule has 0 spiro atoms. The molecule has 0 radical (unpaired) electrons. The molecular weight excluding hydrogens is 386 g/mol. The van der Waals surface area contributed by atoms with Crippen molar-refractivity contribution in [3.8, 4) is 0 Å². The third-order valence-corrected chi connectivity index (χ3v) is 5.70. The number of nitrogens with two attached hydrogens (primary N) is 1.